The van der Waals surface area contributed by atoms with Crippen molar-refractivity contribution >= 4 is 17.7 Å². The normalized spacial score (nSPS) is 10.1. The molecule has 0 saturated carbocycles. The van der Waals surface area contributed by atoms with Crippen molar-refractivity contribution in [3.63, 3.8) is 0 Å². The average Bonchev–Trinajstić information content (AvgIpc) is 2.73. The number of hydrogen-bond donors (Lipinski definition) is 3. The standard InChI is InChI=1S/C22H20N4O4/c1-29-18-11-13(10-16-12-25-22(24)26-20(16)23)9-15(19(18)30-2)8-7-14-5-3-4-6-17(14)21(27)28/h3-6,9,11-12H,10H2,1-2H3,(H,27,28)(H4,23,24,25,26). The minimum atomic E-state index is -1.04. The quantitative estimate of drug-likeness (QED) is 0.552. The number of rotatable bonds is 5. The Hall–Kier alpha value is -4.25. The predicted octanol–water partition coefficient (Wildman–Crippen LogP) is 2.35. The number of methoxy groups -OCH3 is 2. The SMILES string of the molecule is COc1cc(Cc2cnc(N)nc2N)cc(C#Cc2ccccc2C(=O)O)c1OC. The summed E-state index contributed by atoms with van der Waals surface area (Å²) < 4.78 is 10.9. The molecule has 8 heteroatoms. The fourth-order valence-corrected chi connectivity index (χ4v) is 2.92. The number of ether oxygens (including phenoxy) is 2. The van der Waals surface area contributed by atoms with E-state index in [2.05, 4.69) is 21.8 Å². The van der Waals surface area contributed by atoms with E-state index in [4.69, 9.17) is 20.9 Å². The number of nitrogen functional groups attached to an aromatic ring is 2. The van der Waals surface area contributed by atoms with Gasteiger partial charge in [0.25, 0.3) is 0 Å². The summed E-state index contributed by atoms with van der Waals surface area (Å²) in [5.74, 6) is 6.20. The van der Waals surface area contributed by atoms with Gasteiger partial charge in [0.05, 0.1) is 25.3 Å². The molecule has 0 unspecified atom stereocenters. The monoisotopic (exact) mass is 404 g/mol. The number of benzene rings is 2. The van der Waals surface area contributed by atoms with E-state index in [0.29, 0.717) is 40.4 Å². The Kier molecular flexibility index (Phi) is 6.03. The van der Waals surface area contributed by atoms with E-state index in [0.717, 1.165) is 5.56 Å². The molecule has 0 bridgehead atoms. The van der Waals surface area contributed by atoms with Crippen molar-refractivity contribution in [2.24, 2.45) is 0 Å². The highest BCUT2D eigenvalue weighted by Gasteiger charge is 2.14. The number of carboxylic acids is 1. The van der Waals surface area contributed by atoms with E-state index in [1.807, 2.05) is 12.1 Å². The maximum absolute atomic E-state index is 11.4. The molecule has 0 aliphatic heterocycles. The van der Waals surface area contributed by atoms with E-state index in [1.165, 1.54) is 20.3 Å². The molecule has 0 saturated heterocycles. The molecule has 3 aromatic rings. The lowest BCUT2D eigenvalue weighted by atomic mass is 10.0. The fraction of sp³-hybridized carbons (Fsp3) is 0.136. The largest absolute Gasteiger partial charge is 0.493 e. The van der Waals surface area contributed by atoms with Gasteiger partial charge in [-0.15, -0.1) is 0 Å². The maximum atomic E-state index is 11.4. The number of nitrogens with two attached hydrogens (primary N) is 2. The van der Waals surface area contributed by atoms with Gasteiger partial charge in [-0.25, -0.2) is 9.78 Å². The number of carboxylic acid groups (broad SMARTS) is 1. The molecular weight excluding hydrogens is 384 g/mol. The Morgan fingerprint density at radius 2 is 1.83 bits per heavy atom. The third-order valence-electron chi connectivity index (χ3n) is 4.34. The highest BCUT2D eigenvalue weighted by atomic mass is 16.5. The predicted molar refractivity (Wildman–Crippen MR) is 113 cm³/mol. The number of anilines is 2. The summed E-state index contributed by atoms with van der Waals surface area (Å²) in [4.78, 5) is 19.4. The van der Waals surface area contributed by atoms with Crippen molar-refractivity contribution in [1.82, 2.24) is 9.97 Å². The van der Waals surface area contributed by atoms with Crippen LogP contribution >= 0.6 is 0 Å². The number of nitrogens with zero attached hydrogens (tertiary/aromatic N) is 2. The summed E-state index contributed by atoms with van der Waals surface area (Å²) in [6, 6.07) is 10.2. The molecule has 8 nitrogen and oxygen atoms in total. The van der Waals surface area contributed by atoms with Crippen LogP contribution in [-0.4, -0.2) is 35.3 Å². The Morgan fingerprint density at radius 1 is 1.10 bits per heavy atom. The molecule has 152 valence electrons. The second kappa shape index (κ2) is 8.84. The number of aromatic carboxylic acids is 1. The summed E-state index contributed by atoms with van der Waals surface area (Å²) in [5.41, 5.74) is 14.1. The van der Waals surface area contributed by atoms with Gasteiger partial charge in [0.1, 0.15) is 5.82 Å². The molecule has 0 aliphatic carbocycles. The van der Waals surface area contributed by atoms with Gasteiger partial charge >= 0.3 is 5.97 Å². The molecule has 30 heavy (non-hydrogen) atoms. The lowest BCUT2D eigenvalue weighted by Crippen LogP contribution is -2.04. The van der Waals surface area contributed by atoms with Crippen LogP contribution in [0.1, 0.15) is 32.6 Å². The molecular formula is C22H20N4O4. The Balaban J connectivity index is 2.06. The first kappa shape index (κ1) is 20.5. The second-order valence-corrected chi connectivity index (χ2v) is 6.30. The van der Waals surface area contributed by atoms with Gasteiger partial charge in [0, 0.05) is 23.7 Å². The van der Waals surface area contributed by atoms with E-state index < -0.39 is 5.97 Å². The molecule has 0 amide bonds. The molecule has 0 radical (unpaired) electrons. The summed E-state index contributed by atoms with van der Waals surface area (Å²) in [6.45, 7) is 0. The van der Waals surface area contributed by atoms with Crippen LogP contribution in [0.3, 0.4) is 0 Å². The van der Waals surface area contributed by atoms with Crippen molar-refractivity contribution in [2.45, 2.75) is 6.42 Å². The molecule has 0 atom stereocenters. The highest BCUT2D eigenvalue weighted by molar-refractivity contribution is 5.90. The van der Waals surface area contributed by atoms with Gasteiger partial charge in [-0.3, -0.25) is 0 Å². The molecule has 5 N–H and O–H groups in total. The van der Waals surface area contributed by atoms with E-state index in [-0.39, 0.29) is 11.5 Å². The summed E-state index contributed by atoms with van der Waals surface area (Å²) in [5, 5.41) is 9.35. The van der Waals surface area contributed by atoms with Crippen LogP contribution in [0, 0.1) is 11.8 Å². The van der Waals surface area contributed by atoms with Crippen molar-refractivity contribution in [2.75, 3.05) is 25.7 Å². The zero-order chi connectivity index (χ0) is 21.7. The first-order valence-corrected chi connectivity index (χ1v) is 8.89. The topological polar surface area (TPSA) is 134 Å². The van der Waals surface area contributed by atoms with Gasteiger partial charge < -0.3 is 26.0 Å². The molecule has 0 spiro atoms. The lowest BCUT2D eigenvalue weighted by Gasteiger charge is -2.13. The third kappa shape index (κ3) is 4.42. The lowest BCUT2D eigenvalue weighted by molar-refractivity contribution is 0.0696. The second-order valence-electron chi connectivity index (χ2n) is 6.30. The number of aromatic nitrogens is 2. The van der Waals surface area contributed by atoms with Crippen LogP contribution in [-0.2, 0) is 6.42 Å². The molecule has 1 heterocycles. The first-order chi connectivity index (χ1) is 14.4. The molecule has 2 aromatic carbocycles. The summed E-state index contributed by atoms with van der Waals surface area (Å²) in [6.07, 6.45) is 2.00. The van der Waals surface area contributed by atoms with E-state index in [1.54, 1.807) is 24.4 Å². The Labute approximate surface area is 173 Å². The van der Waals surface area contributed by atoms with E-state index >= 15 is 0 Å². The zero-order valence-electron chi connectivity index (χ0n) is 16.5. The molecule has 3 rings (SSSR count). The van der Waals surface area contributed by atoms with Gasteiger partial charge in [-0.1, -0.05) is 24.0 Å². The van der Waals surface area contributed by atoms with Crippen LogP contribution in [0.4, 0.5) is 11.8 Å². The highest BCUT2D eigenvalue weighted by Crippen LogP contribution is 2.33. The number of hydrogen-bond acceptors (Lipinski definition) is 7. The van der Waals surface area contributed by atoms with Crippen molar-refractivity contribution < 1.29 is 19.4 Å². The summed E-state index contributed by atoms with van der Waals surface area (Å²) >= 11 is 0. The minimum Gasteiger partial charge on any atom is -0.493 e. The van der Waals surface area contributed by atoms with Gasteiger partial charge in [-0.05, 0) is 29.8 Å². The van der Waals surface area contributed by atoms with Gasteiger partial charge in [0.2, 0.25) is 5.95 Å². The van der Waals surface area contributed by atoms with Gasteiger partial charge in [0.15, 0.2) is 11.5 Å². The molecule has 0 fully saturated rings. The van der Waals surface area contributed by atoms with Crippen molar-refractivity contribution in [3.8, 4) is 23.3 Å². The maximum Gasteiger partial charge on any atom is 0.336 e. The Bertz CT molecular complexity index is 1170. The van der Waals surface area contributed by atoms with Crippen LogP contribution in [0.2, 0.25) is 0 Å². The van der Waals surface area contributed by atoms with Crippen molar-refractivity contribution in [3.05, 3.63) is 70.4 Å². The smallest absolute Gasteiger partial charge is 0.336 e. The zero-order valence-corrected chi connectivity index (χ0v) is 16.5. The third-order valence-corrected chi connectivity index (χ3v) is 4.34. The summed E-state index contributed by atoms with van der Waals surface area (Å²) in [7, 11) is 3.04. The molecule has 1 aromatic heterocycles. The van der Waals surface area contributed by atoms with Crippen molar-refractivity contribution in [1.29, 1.82) is 0 Å². The van der Waals surface area contributed by atoms with E-state index in [9.17, 15) is 9.90 Å². The van der Waals surface area contributed by atoms with Crippen LogP contribution in [0.25, 0.3) is 0 Å². The number of carbonyl (C=O) groups is 1. The fourth-order valence-electron chi connectivity index (χ4n) is 2.92. The minimum absolute atomic E-state index is 0.104. The average molecular weight is 404 g/mol. The van der Waals surface area contributed by atoms with Crippen LogP contribution in [0.15, 0.2) is 42.6 Å². The van der Waals surface area contributed by atoms with Gasteiger partial charge in [-0.2, -0.15) is 4.98 Å². The van der Waals surface area contributed by atoms with Crippen LogP contribution in [0.5, 0.6) is 11.5 Å². The first-order valence-electron chi connectivity index (χ1n) is 8.89. The Morgan fingerprint density at radius 3 is 2.50 bits per heavy atom. The van der Waals surface area contributed by atoms with Crippen LogP contribution < -0.4 is 20.9 Å². The molecule has 0 aliphatic rings.